The topological polar surface area (TPSA) is 15.3 Å². The molecule has 1 fully saturated rings. The molecule has 1 aliphatic rings. The lowest BCUT2D eigenvalue weighted by atomic mass is 9.95. The van der Waals surface area contributed by atoms with Crippen molar-refractivity contribution in [3.05, 3.63) is 0 Å². The Labute approximate surface area is 87.5 Å². The highest BCUT2D eigenvalue weighted by Crippen LogP contribution is 2.17. The van der Waals surface area contributed by atoms with Crippen molar-refractivity contribution < 1.29 is 0 Å². The number of thiol groups is 1. The second-order valence-corrected chi connectivity index (χ2v) is 4.48. The third-order valence-electron chi connectivity index (χ3n) is 2.74. The number of nitrogens with one attached hydrogen (secondary N) is 1. The van der Waals surface area contributed by atoms with E-state index in [2.05, 4.69) is 29.9 Å². The average molecular weight is 202 g/mol. The minimum absolute atomic E-state index is 0.922. The lowest BCUT2D eigenvalue weighted by molar-refractivity contribution is 0.202. The van der Waals surface area contributed by atoms with Crippen LogP contribution in [0.25, 0.3) is 0 Å². The van der Waals surface area contributed by atoms with Crippen LogP contribution in [-0.2, 0) is 0 Å². The maximum Gasteiger partial charge on any atom is 0.00397 e. The summed E-state index contributed by atoms with van der Waals surface area (Å²) >= 11 is 4.16. The summed E-state index contributed by atoms with van der Waals surface area (Å²) in [6.45, 7) is 4.80. The minimum Gasteiger partial charge on any atom is -0.316 e. The largest absolute Gasteiger partial charge is 0.316 e. The van der Waals surface area contributed by atoms with Gasteiger partial charge in [-0.05, 0) is 45.3 Å². The lowest BCUT2D eigenvalue weighted by Gasteiger charge is -2.29. The maximum atomic E-state index is 4.16. The van der Waals surface area contributed by atoms with E-state index in [0.29, 0.717) is 0 Å². The Balaban J connectivity index is 2.00. The van der Waals surface area contributed by atoms with Crippen LogP contribution < -0.4 is 5.32 Å². The van der Waals surface area contributed by atoms with Gasteiger partial charge in [-0.15, -0.1) is 0 Å². The molecule has 0 aliphatic carbocycles. The van der Waals surface area contributed by atoms with Crippen LogP contribution in [0, 0.1) is 5.92 Å². The van der Waals surface area contributed by atoms with Crippen molar-refractivity contribution >= 4 is 12.6 Å². The Morgan fingerprint density at radius 1 is 1.46 bits per heavy atom. The molecule has 1 unspecified atom stereocenters. The molecule has 0 aromatic rings. The normalized spacial score (nSPS) is 24.9. The van der Waals surface area contributed by atoms with Crippen molar-refractivity contribution in [2.75, 3.05) is 39.0 Å². The summed E-state index contributed by atoms with van der Waals surface area (Å²) in [6, 6.07) is 0. The Kier molecular flexibility index (Phi) is 5.83. The van der Waals surface area contributed by atoms with E-state index in [9.17, 15) is 0 Å². The molecule has 13 heavy (non-hydrogen) atoms. The van der Waals surface area contributed by atoms with Crippen LogP contribution in [0.2, 0.25) is 0 Å². The fraction of sp³-hybridized carbons (Fsp3) is 1.00. The number of hydrogen-bond donors (Lipinski definition) is 2. The monoisotopic (exact) mass is 202 g/mol. The van der Waals surface area contributed by atoms with Gasteiger partial charge in [0.2, 0.25) is 0 Å². The molecule has 1 heterocycles. The van der Waals surface area contributed by atoms with Crippen LogP contribution in [0.5, 0.6) is 0 Å². The average Bonchev–Trinajstić information content (AvgIpc) is 2.13. The molecule has 1 aliphatic heterocycles. The lowest BCUT2D eigenvalue weighted by Crippen LogP contribution is -2.33. The molecule has 1 rings (SSSR count). The summed E-state index contributed by atoms with van der Waals surface area (Å²) in [5.74, 6) is 1.87. The van der Waals surface area contributed by atoms with E-state index >= 15 is 0 Å². The van der Waals surface area contributed by atoms with E-state index in [1.807, 2.05) is 0 Å². The molecule has 0 amide bonds. The molecule has 0 bridgehead atoms. The summed E-state index contributed by atoms with van der Waals surface area (Å²) in [6.07, 6.45) is 4.14. The highest BCUT2D eigenvalue weighted by molar-refractivity contribution is 7.80. The summed E-state index contributed by atoms with van der Waals surface area (Å²) in [4.78, 5) is 2.45. The van der Waals surface area contributed by atoms with E-state index in [1.165, 1.54) is 38.9 Å². The molecule has 1 N–H and O–H groups in total. The zero-order valence-electron chi connectivity index (χ0n) is 8.63. The van der Waals surface area contributed by atoms with Gasteiger partial charge < -0.3 is 10.2 Å². The van der Waals surface area contributed by atoms with Gasteiger partial charge in [-0.2, -0.15) is 12.6 Å². The Hall–Kier alpha value is 0.270. The van der Waals surface area contributed by atoms with Crippen LogP contribution in [0.1, 0.15) is 19.3 Å². The molecule has 0 saturated carbocycles. The first kappa shape index (κ1) is 11.3. The first-order chi connectivity index (χ1) is 6.33. The van der Waals surface area contributed by atoms with Crippen molar-refractivity contribution in [3.63, 3.8) is 0 Å². The van der Waals surface area contributed by atoms with E-state index in [0.717, 1.165) is 18.2 Å². The van der Waals surface area contributed by atoms with Crippen molar-refractivity contribution in [2.45, 2.75) is 19.3 Å². The number of likely N-dealkylation sites (tertiary alicyclic amines) is 1. The number of nitrogens with zero attached hydrogens (tertiary/aromatic N) is 1. The molecular weight excluding hydrogens is 180 g/mol. The smallest absolute Gasteiger partial charge is 0.00397 e. The predicted molar refractivity (Wildman–Crippen MR) is 61.6 cm³/mol. The van der Waals surface area contributed by atoms with Crippen LogP contribution in [0.15, 0.2) is 0 Å². The van der Waals surface area contributed by atoms with Crippen LogP contribution in [-0.4, -0.2) is 43.9 Å². The van der Waals surface area contributed by atoms with E-state index in [1.54, 1.807) is 0 Å². The SMILES string of the molecule is CN1CCCC(CCNCCS)C1. The second-order valence-electron chi connectivity index (χ2n) is 4.03. The first-order valence-electron chi connectivity index (χ1n) is 5.33. The predicted octanol–water partition coefficient (Wildman–Crippen LogP) is 1.24. The molecule has 1 saturated heterocycles. The third-order valence-corrected chi connectivity index (χ3v) is 2.96. The van der Waals surface area contributed by atoms with Gasteiger partial charge in [0, 0.05) is 18.8 Å². The number of hydrogen-bond acceptors (Lipinski definition) is 3. The van der Waals surface area contributed by atoms with Gasteiger partial charge in [0.05, 0.1) is 0 Å². The van der Waals surface area contributed by atoms with Crippen molar-refractivity contribution in [1.82, 2.24) is 10.2 Å². The van der Waals surface area contributed by atoms with Gasteiger partial charge in [0.15, 0.2) is 0 Å². The summed E-state index contributed by atoms with van der Waals surface area (Å²) in [7, 11) is 2.23. The molecular formula is C10H22N2S. The van der Waals surface area contributed by atoms with Gasteiger partial charge in [-0.3, -0.25) is 0 Å². The Bertz CT molecular complexity index is 130. The molecule has 0 aromatic heterocycles. The van der Waals surface area contributed by atoms with Crippen molar-refractivity contribution in [1.29, 1.82) is 0 Å². The van der Waals surface area contributed by atoms with E-state index in [4.69, 9.17) is 0 Å². The first-order valence-corrected chi connectivity index (χ1v) is 5.96. The zero-order chi connectivity index (χ0) is 9.52. The third kappa shape index (κ3) is 4.89. The molecule has 1 atom stereocenters. The summed E-state index contributed by atoms with van der Waals surface area (Å²) in [5.41, 5.74) is 0. The van der Waals surface area contributed by atoms with Crippen molar-refractivity contribution in [2.24, 2.45) is 5.92 Å². The van der Waals surface area contributed by atoms with Crippen LogP contribution >= 0.6 is 12.6 Å². The van der Waals surface area contributed by atoms with Gasteiger partial charge in [-0.1, -0.05) is 0 Å². The Morgan fingerprint density at radius 2 is 2.31 bits per heavy atom. The molecule has 0 radical (unpaired) electrons. The standard InChI is InChI=1S/C10H22N2S/c1-12-7-2-3-10(9-12)4-5-11-6-8-13/h10-11,13H,2-9H2,1H3. The molecule has 2 nitrogen and oxygen atoms in total. The number of rotatable bonds is 5. The Morgan fingerprint density at radius 3 is 3.00 bits per heavy atom. The number of piperidine rings is 1. The van der Waals surface area contributed by atoms with Gasteiger partial charge >= 0.3 is 0 Å². The van der Waals surface area contributed by atoms with Crippen LogP contribution in [0.3, 0.4) is 0 Å². The molecule has 0 aromatic carbocycles. The van der Waals surface area contributed by atoms with Gasteiger partial charge in [0.25, 0.3) is 0 Å². The molecule has 78 valence electrons. The van der Waals surface area contributed by atoms with Gasteiger partial charge in [0.1, 0.15) is 0 Å². The van der Waals surface area contributed by atoms with Crippen molar-refractivity contribution in [3.8, 4) is 0 Å². The maximum absolute atomic E-state index is 4.16. The fourth-order valence-electron chi connectivity index (χ4n) is 2.02. The fourth-order valence-corrected chi connectivity index (χ4v) is 2.18. The van der Waals surface area contributed by atoms with E-state index < -0.39 is 0 Å². The van der Waals surface area contributed by atoms with E-state index in [-0.39, 0.29) is 0 Å². The quantitative estimate of drug-likeness (QED) is 0.515. The highest BCUT2D eigenvalue weighted by Gasteiger charge is 2.15. The second kappa shape index (κ2) is 6.68. The molecule has 0 spiro atoms. The van der Waals surface area contributed by atoms with Gasteiger partial charge in [-0.25, -0.2) is 0 Å². The zero-order valence-corrected chi connectivity index (χ0v) is 9.52. The molecule has 3 heteroatoms. The summed E-state index contributed by atoms with van der Waals surface area (Å²) in [5, 5.41) is 3.40. The highest BCUT2D eigenvalue weighted by atomic mass is 32.1. The van der Waals surface area contributed by atoms with Crippen LogP contribution in [0.4, 0.5) is 0 Å². The summed E-state index contributed by atoms with van der Waals surface area (Å²) < 4.78 is 0. The minimum atomic E-state index is 0.922.